The Morgan fingerprint density at radius 2 is 1.91 bits per heavy atom. The van der Waals surface area contributed by atoms with E-state index in [4.69, 9.17) is 9.84 Å². The number of hydrogen-bond donors (Lipinski definition) is 2. The molecule has 1 aromatic heterocycles. The van der Waals surface area contributed by atoms with E-state index in [-0.39, 0.29) is 6.42 Å². The minimum Gasteiger partial charge on any atom is -0.489 e. The fraction of sp³-hybridized carbons (Fsp3) is 0.222. The van der Waals surface area contributed by atoms with Crippen molar-refractivity contribution in [2.24, 2.45) is 0 Å². The SMILES string of the molecule is O=C(O)CCCc1ccc(OCc2ccc3[nH]ncc3c2)cc1. The number of carboxylic acids is 1. The second-order valence-electron chi connectivity index (χ2n) is 5.47. The predicted octanol–water partition coefficient (Wildman–Crippen LogP) is 3.55. The first-order chi connectivity index (χ1) is 11.2. The molecular formula is C18H18N2O3. The summed E-state index contributed by atoms with van der Waals surface area (Å²) in [4.78, 5) is 10.5. The largest absolute Gasteiger partial charge is 0.489 e. The van der Waals surface area contributed by atoms with Gasteiger partial charge < -0.3 is 9.84 Å². The van der Waals surface area contributed by atoms with E-state index < -0.39 is 5.97 Å². The van der Waals surface area contributed by atoms with E-state index >= 15 is 0 Å². The van der Waals surface area contributed by atoms with Gasteiger partial charge in [-0.3, -0.25) is 9.89 Å². The molecule has 0 saturated carbocycles. The summed E-state index contributed by atoms with van der Waals surface area (Å²) in [5.41, 5.74) is 3.22. The normalized spacial score (nSPS) is 10.8. The van der Waals surface area contributed by atoms with Crippen molar-refractivity contribution in [1.29, 1.82) is 0 Å². The molecule has 0 aliphatic rings. The van der Waals surface area contributed by atoms with Gasteiger partial charge in [-0.15, -0.1) is 0 Å². The number of carboxylic acid groups (broad SMARTS) is 1. The molecule has 2 N–H and O–H groups in total. The highest BCUT2D eigenvalue weighted by Crippen LogP contribution is 2.17. The maximum atomic E-state index is 10.5. The summed E-state index contributed by atoms with van der Waals surface area (Å²) in [6, 6.07) is 13.9. The van der Waals surface area contributed by atoms with Gasteiger partial charge in [0, 0.05) is 11.8 Å². The fourth-order valence-corrected chi connectivity index (χ4v) is 2.44. The highest BCUT2D eigenvalue weighted by atomic mass is 16.5. The molecule has 3 rings (SSSR count). The molecule has 0 bridgehead atoms. The van der Waals surface area contributed by atoms with Gasteiger partial charge in [-0.1, -0.05) is 18.2 Å². The smallest absolute Gasteiger partial charge is 0.303 e. The van der Waals surface area contributed by atoms with Gasteiger partial charge in [-0.25, -0.2) is 0 Å². The first-order valence-electron chi connectivity index (χ1n) is 7.56. The van der Waals surface area contributed by atoms with Crippen LogP contribution in [0.15, 0.2) is 48.7 Å². The van der Waals surface area contributed by atoms with Crippen LogP contribution in [0.3, 0.4) is 0 Å². The van der Waals surface area contributed by atoms with E-state index in [0.717, 1.165) is 34.2 Å². The van der Waals surface area contributed by atoms with Crippen molar-refractivity contribution in [3.63, 3.8) is 0 Å². The van der Waals surface area contributed by atoms with Crippen LogP contribution >= 0.6 is 0 Å². The summed E-state index contributed by atoms with van der Waals surface area (Å²) >= 11 is 0. The number of rotatable bonds is 7. The van der Waals surface area contributed by atoms with Crippen LogP contribution in [0.4, 0.5) is 0 Å². The molecule has 3 aromatic rings. The summed E-state index contributed by atoms with van der Waals surface area (Å²) in [5.74, 6) is 0.0545. The molecule has 0 spiro atoms. The number of aryl methyl sites for hydroxylation is 1. The summed E-state index contributed by atoms with van der Waals surface area (Å²) in [5, 5.41) is 16.6. The molecule has 0 unspecified atom stereocenters. The van der Waals surface area contributed by atoms with Crippen LogP contribution in [0, 0.1) is 0 Å². The van der Waals surface area contributed by atoms with Gasteiger partial charge in [0.05, 0.1) is 11.7 Å². The van der Waals surface area contributed by atoms with Crippen molar-refractivity contribution in [3.05, 3.63) is 59.8 Å². The number of fused-ring (bicyclic) bond motifs is 1. The molecular weight excluding hydrogens is 292 g/mol. The monoisotopic (exact) mass is 310 g/mol. The van der Waals surface area contributed by atoms with Gasteiger partial charge in [-0.2, -0.15) is 5.10 Å². The van der Waals surface area contributed by atoms with E-state index in [9.17, 15) is 4.79 Å². The van der Waals surface area contributed by atoms with Crippen LogP contribution in [0.5, 0.6) is 5.75 Å². The average molecular weight is 310 g/mol. The zero-order valence-corrected chi connectivity index (χ0v) is 12.7. The molecule has 0 radical (unpaired) electrons. The van der Waals surface area contributed by atoms with E-state index in [1.807, 2.05) is 36.4 Å². The first-order valence-corrected chi connectivity index (χ1v) is 7.56. The lowest BCUT2D eigenvalue weighted by Crippen LogP contribution is -1.97. The van der Waals surface area contributed by atoms with Crippen LogP contribution in [0.25, 0.3) is 10.9 Å². The summed E-state index contributed by atoms with van der Waals surface area (Å²) in [6.45, 7) is 0.499. The second kappa shape index (κ2) is 6.96. The van der Waals surface area contributed by atoms with Crippen molar-refractivity contribution in [2.75, 3.05) is 0 Å². The molecule has 23 heavy (non-hydrogen) atoms. The Kier molecular flexibility index (Phi) is 4.57. The lowest BCUT2D eigenvalue weighted by Gasteiger charge is -2.07. The highest BCUT2D eigenvalue weighted by molar-refractivity contribution is 5.78. The van der Waals surface area contributed by atoms with Gasteiger partial charge in [0.15, 0.2) is 0 Å². The van der Waals surface area contributed by atoms with Crippen molar-refractivity contribution >= 4 is 16.9 Å². The Bertz CT molecular complexity index is 793. The van der Waals surface area contributed by atoms with Crippen molar-refractivity contribution in [1.82, 2.24) is 10.2 Å². The maximum Gasteiger partial charge on any atom is 0.303 e. The Morgan fingerprint density at radius 3 is 2.70 bits per heavy atom. The highest BCUT2D eigenvalue weighted by Gasteiger charge is 2.01. The quantitative estimate of drug-likeness (QED) is 0.700. The lowest BCUT2D eigenvalue weighted by molar-refractivity contribution is -0.137. The Labute approximate surface area is 133 Å². The first kappa shape index (κ1) is 15.1. The fourth-order valence-electron chi connectivity index (χ4n) is 2.44. The summed E-state index contributed by atoms with van der Waals surface area (Å²) in [6.07, 6.45) is 3.42. The van der Waals surface area contributed by atoms with Crippen LogP contribution in [-0.2, 0) is 17.8 Å². The number of hydrogen-bond acceptors (Lipinski definition) is 3. The minimum atomic E-state index is -0.750. The zero-order valence-electron chi connectivity index (χ0n) is 12.7. The third-order valence-corrected chi connectivity index (χ3v) is 3.69. The van der Waals surface area contributed by atoms with Gasteiger partial charge in [0.25, 0.3) is 0 Å². The lowest BCUT2D eigenvalue weighted by atomic mass is 10.1. The van der Waals surface area contributed by atoms with Crippen LogP contribution < -0.4 is 4.74 Å². The van der Waals surface area contributed by atoms with Crippen LogP contribution in [-0.4, -0.2) is 21.3 Å². The predicted molar refractivity (Wildman–Crippen MR) is 87.4 cm³/mol. The second-order valence-corrected chi connectivity index (χ2v) is 5.47. The molecule has 0 atom stereocenters. The van der Waals surface area contributed by atoms with Crippen molar-refractivity contribution in [2.45, 2.75) is 25.9 Å². The molecule has 0 aliphatic heterocycles. The number of aromatic nitrogens is 2. The summed E-state index contributed by atoms with van der Waals surface area (Å²) < 4.78 is 5.79. The maximum absolute atomic E-state index is 10.5. The van der Waals surface area contributed by atoms with Gasteiger partial charge in [0.2, 0.25) is 0 Å². The number of aliphatic carboxylic acids is 1. The van der Waals surface area contributed by atoms with Crippen molar-refractivity contribution in [3.8, 4) is 5.75 Å². The third-order valence-electron chi connectivity index (χ3n) is 3.69. The number of aromatic amines is 1. The molecule has 5 nitrogen and oxygen atoms in total. The molecule has 0 saturated heterocycles. The zero-order chi connectivity index (χ0) is 16.1. The number of nitrogens with zero attached hydrogens (tertiary/aromatic N) is 1. The van der Waals surface area contributed by atoms with E-state index in [2.05, 4.69) is 16.3 Å². The number of H-pyrrole nitrogens is 1. The number of ether oxygens (including phenoxy) is 1. The number of nitrogens with one attached hydrogen (secondary N) is 1. The molecule has 2 aromatic carbocycles. The standard InChI is InChI=1S/C18H18N2O3/c21-18(22)3-1-2-13-4-7-16(8-5-13)23-12-14-6-9-17-15(10-14)11-19-20-17/h4-11H,1-3,12H2,(H,19,20)(H,21,22). The van der Waals surface area contributed by atoms with Crippen LogP contribution in [0.2, 0.25) is 0 Å². The van der Waals surface area contributed by atoms with Crippen LogP contribution in [0.1, 0.15) is 24.0 Å². The number of carbonyl (C=O) groups is 1. The molecule has 0 fully saturated rings. The minimum absolute atomic E-state index is 0.203. The molecule has 0 amide bonds. The Hall–Kier alpha value is -2.82. The molecule has 1 heterocycles. The van der Waals surface area contributed by atoms with E-state index in [1.54, 1.807) is 6.20 Å². The van der Waals surface area contributed by atoms with E-state index in [0.29, 0.717) is 13.0 Å². The number of benzene rings is 2. The summed E-state index contributed by atoms with van der Waals surface area (Å²) in [7, 11) is 0. The van der Waals surface area contributed by atoms with Gasteiger partial charge in [-0.05, 0) is 48.2 Å². The molecule has 5 heteroatoms. The average Bonchev–Trinajstić information content (AvgIpc) is 3.01. The van der Waals surface area contributed by atoms with Crippen molar-refractivity contribution < 1.29 is 14.6 Å². The van der Waals surface area contributed by atoms with Gasteiger partial charge in [0.1, 0.15) is 12.4 Å². The Morgan fingerprint density at radius 1 is 1.13 bits per heavy atom. The third kappa shape index (κ3) is 4.10. The van der Waals surface area contributed by atoms with Gasteiger partial charge >= 0.3 is 5.97 Å². The topological polar surface area (TPSA) is 75.2 Å². The molecule has 0 aliphatic carbocycles. The molecule has 118 valence electrons. The Balaban J connectivity index is 1.54. The van der Waals surface area contributed by atoms with E-state index in [1.165, 1.54) is 0 Å².